The maximum atomic E-state index is 12.1. The molecule has 2 atom stereocenters. The van der Waals surface area contributed by atoms with E-state index in [1.165, 1.54) is 0 Å². The molecule has 0 aliphatic rings. The van der Waals surface area contributed by atoms with Crippen molar-refractivity contribution in [3.8, 4) is 0 Å². The van der Waals surface area contributed by atoms with Crippen molar-refractivity contribution in [1.29, 1.82) is 0 Å². The number of aliphatic hydroxyl groups is 1. The summed E-state index contributed by atoms with van der Waals surface area (Å²) in [6, 6.07) is 6.99. The molecule has 0 radical (unpaired) electrons. The molecule has 6 heteroatoms. The number of alkyl halides is 3. The molecule has 0 aliphatic carbocycles. The maximum Gasteiger partial charge on any atom is 0.415 e. The van der Waals surface area contributed by atoms with Gasteiger partial charge in [0.25, 0.3) is 0 Å². The Morgan fingerprint density at radius 2 is 1.82 bits per heavy atom. The van der Waals surface area contributed by atoms with Gasteiger partial charge in [0.1, 0.15) is 0 Å². The zero-order valence-electron chi connectivity index (χ0n) is 9.13. The van der Waals surface area contributed by atoms with Crippen molar-refractivity contribution in [3.63, 3.8) is 0 Å². The van der Waals surface area contributed by atoms with E-state index in [1.54, 1.807) is 6.92 Å². The summed E-state index contributed by atoms with van der Waals surface area (Å²) in [6.45, 7) is 1.23. The van der Waals surface area contributed by atoms with E-state index in [-0.39, 0.29) is 6.04 Å². The molecular weight excluding hydrogens is 299 g/mol. The largest absolute Gasteiger partial charge is 0.415 e. The van der Waals surface area contributed by atoms with Gasteiger partial charge in [-0.15, -0.1) is 0 Å². The summed E-state index contributed by atoms with van der Waals surface area (Å²) in [5.74, 6) is 0. The molecule has 1 unspecified atom stereocenters. The van der Waals surface area contributed by atoms with Crippen LogP contribution in [0.3, 0.4) is 0 Å². The summed E-state index contributed by atoms with van der Waals surface area (Å²) in [5.41, 5.74) is 0.863. The molecule has 0 amide bonds. The molecule has 1 aromatic rings. The number of rotatable bonds is 4. The highest BCUT2D eigenvalue weighted by Gasteiger charge is 2.37. The first-order chi connectivity index (χ1) is 7.80. The van der Waals surface area contributed by atoms with Gasteiger partial charge in [-0.2, -0.15) is 13.2 Å². The van der Waals surface area contributed by atoms with Crippen LogP contribution < -0.4 is 5.32 Å². The van der Waals surface area contributed by atoms with Crippen LogP contribution in [0.1, 0.15) is 18.5 Å². The lowest BCUT2D eigenvalue weighted by Crippen LogP contribution is -2.39. The zero-order chi connectivity index (χ0) is 13.1. The van der Waals surface area contributed by atoms with Crippen LogP contribution in [0.5, 0.6) is 0 Å². The van der Waals surface area contributed by atoms with Crippen molar-refractivity contribution in [1.82, 2.24) is 5.32 Å². The maximum absolute atomic E-state index is 12.1. The predicted molar refractivity (Wildman–Crippen MR) is 62.6 cm³/mol. The summed E-state index contributed by atoms with van der Waals surface area (Å²) in [7, 11) is 0. The molecule has 0 bridgehead atoms. The molecule has 0 heterocycles. The number of hydrogen-bond acceptors (Lipinski definition) is 2. The van der Waals surface area contributed by atoms with E-state index < -0.39 is 18.8 Å². The molecule has 0 saturated carbocycles. The Kier molecular flexibility index (Phi) is 4.97. The van der Waals surface area contributed by atoms with E-state index >= 15 is 0 Å². The molecule has 0 saturated heterocycles. The fourth-order valence-corrected chi connectivity index (χ4v) is 1.54. The van der Waals surface area contributed by atoms with Crippen molar-refractivity contribution in [2.45, 2.75) is 25.2 Å². The molecule has 1 rings (SSSR count). The molecular formula is C11H13BrF3NO. The van der Waals surface area contributed by atoms with Crippen LogP contribution in [-0.2, 0) is 0 Å². The average molecular weight is 312 g/mol. The number of hydrogen-bond donors (Lipinski definition) is 2. The van der Waals surface area contributed by atoms with Gasteiger partial charge < -0.3 is 10.4 Å². The van der Waals surface area contributed by atoms with Gasteiger partial charge in [0.15, 0.2) is 6.10 Å². The standard InChI is InChI=1S/C11H13BrF3NO/c1-7(8-2-4-9(12)5-3-8)16-6-10(17)11(13,14)15/h2-5,7,10,16-17H,6H2,1H3/t7-,10?/m1/s1. The molecule has 2 nitrogen and oxygen atoms in total. The second kappa shape index (κ2) is 5.84. The minimum Gasteiger partial charge on any atom is -0.382 e. The van der Waals surface area contributed by atoms with Crippen LogP contribution in [-0.4, -0.2) is 23.9 Å². The lowest BCUT2D eigenvalue weighted by molar-refractivity contribution is -0.202. The monoisotopic (exact) mass is 311 g/mol. The van der Waals surface area contributed by atoms with E-state index in [0.717, 1.165) is 10.0 Å². The Morgan fingerprint density at radius 1 is 1.29 bits per heavy atom. The molecule has 1 aromatic carbocycles. The fraction of sp³-hybridized carbons (Fsp3) is 0.455. The Morgan fingerprint density at radius 3 is 2.29 bits per heavy atom. The highest BCUT2D eigenvalue weighted by atomic mass is 79.9. The fourth-order valence-electron chi connectivity index (χ4n) is 1.27. The van der Waals surface area contributed by atoms with E-state index in [2.05, 4.69) is 21.2 Å². The first kappa shape index (κ1) is 14.5. The second-order valence-electron chi connectivity index (χ2n) is 3.74. The predicted octanol–water partition coefficient (Wildman–Crippen LogP) is 3.02. The summed E-state index contributed by atoms with van der Waals surface area (Å²) >= 11 is 3.27. The van der Waals surface area contributed by atoms with Crippen LogP contribution in [0.2, 0.25) is 0 Å². The minimum atomic E-state index is -4.58. The van der Waals surface area contributed by atoms with Gasteiger partial charge in [0, 0.05) is 17.1 Å². The summed E-state index contributed by atoms with van der Waals surface area (Å²) in [4.78, 5) is 0. The van der Waals surface area contributed by atoms with Gasteiger partial charge in [0.2, 0.25) is 0 Å². The third-order valence-corrected chi connectivity index (χ3v) is 2.89. The lowest BCUT2D eigenvalue weighted by atomic mass is 10.1. The third kappa shape index (κ3) is 4.65. The molecule has 17 heavy (non-hydrogen) atoms. The van der Waals surface area contributed by atoms with Crippen molar-refractivity contribution < 1.29 is 18.3 Å². The summed E-state index contributed by atoms with van der Waals surface area (Å²) < 4.78 is 37.1. The molecule has 0 fully saturated rings. The van der Waals surface area contributed by atoms with E-state index in [0.29, 0.717) is 0 Å². The van der Waals surface area contributed by atoms with Crippen LogP contribution in [0.25, 0.3) is 0 Å². The second-order valence-corrected chi connectivity index (χ2v) is 4.65. The van der Waals surface area contributed by atoms with Crippen LogP contribution in [0, 0.1) is 0 Å². The Balaban J connectivity index is 2.50. The molecule has 96 valence electrons. The SMILES string of the molecule is C[C@@H](NCC(O)C(F)(F)F)c1ccc(Br)cc1. The Labute approximate surface area is 106 Å². The van der Waals surface area contributed by atoms with Gasteiger partial charge in [0.05, 0.1) is 0 Å². The van der Waals surface area contributed by atoms with Crippen molar-refractivity contribution in [3.05, 3.63) is 34.3 Å². The van der Waals surface area contributed by atoms with E-state index in [4.69, 9.17) is 5.11 Å². The first-order valence-corrected chi connectivity index (χ1v) is 5.83. The Hall–Kier alpha value is -0.590. The Bertz CT molecular complexity index is 353. The van der Waals surface area contributed by atoms with Crippen LogP contribution in [0.15, 0.2) is 28.7 Å². The average Bonchev–Trinajstić information content (AvgIpc) is 2.25. The first-order valence-electron chi connectivity index (χ1n) is 5.04. The van der Waals surface area contributed by atoms with Gasteiger partial charge >= 0.3 is 6.18 Å². The van der Waals surface area contributed by atoms with Gasteiger partial charge in [-0.3, -0.25) is 0 Å². The third-order valence-electron chi connectivity index (χ3n) is 2.37. The lowest BCUT2D eigenvalue weighted by Gasteiger charge is -2.19. The van der Waals surface area contributed by atoms with Crippen molar-refractivity contribution >= 4 is 15.9 Å². The molecule has 0 spiro atoms. The highest BCUT2D eigenvalue weighted by Crippen LogP contribution is 2.21. The van der Waals surface area contributed by atoms with E-state index in [1.807, 2.05) is 24.3 Å². The highest BCUT2D eigenvalue weighted by molar-refractivity contribution is 9.10. The van der Waals surface area contributed by atoms with Crippen LogP contribution >= 0.6 is 15.9 Å². The van der Waals surface area contributed by atoms with Gasteiger partial charge in [-0.05, 0) is 24.6 Å². The summed E-state index contributed by atoms with van der Waals surface area (Å²) in [6.07, 6.45) is -6.91. The number of benzene rings is 1. The number of aliphatic hydroxyl groups excluding tert-OH is 1. The number of nitrogens with one attached hydrogen (secondary N) is 1. The van der Waals surface area contributed by atoms with Crippen molar-refractivity contribution in [2.24, 2.45) is 0 Å². The molecule has 0 aromatic heterocycles. The molecule has 0 aliphatic heterocycles. The van der Waals surface area contributed by atoms with Crippen LogP contribution in [0.4, 0.5) is 13.2 Å². The van der Waals surface area contributed by atoms with E-state index in [9.17, 15) is 13.2 Å². The number of halogens is 4. The van der Waals surface area contributed by atoms with Gasteiger partial charge in [-0.1, -0.05) is 28.1 Å². The smallest absolute Gasteiger partial charge is 0.382 e. The van der Waals surface area contributed by atoms with Gasteiger partial charge in [-0.25, -0.2) is 0 Å². The summed E-state index contributed by atoms with van der Waals surface area (Å²) in [5, 5.41) is 11.5. The minimum absolute atomic E-state index is 0.250. The normalized spacial score (nSPS) is 15.6. The quantitative estimate of drug-likeness (QED) is 0.896. The topological polar surface area (TPSA) is 32.3 Å². The van der Waals surface area contributed by atoms with Crippen molar-refractivity contribution in [2.75, 3.05) is 6.54 Å². The molecule has 2 N–H and O–H groups in total. The zero-order valence-corrected chi connectivity index (χ0v) is 10.7.